The van der Waals surface area contributed by atoms with Crippen LogP contribution in [-0.2, 0) is 19.9 Å². The number of hydrogen-bond acceptors (Lipinski definition) is 5. The van der Waals surface area contributed by atoms with Gasteiger partial charge in [0.15, 0.2) is 0 Å². The molecule has 118 valence electrons. The lowest BCUT2D eigenvalue weighted by Crippen LogP contribution is -2.30. The summed E-state index contributed by atoms with van der Waals surface area (Å²) in [4.78, 5) is 11.4. The number of sulfonamides is 1. The number of carbonyl (C=O) groups is 1. The smallest absolute Gasteiger partial charge is 0.254 e. The molecule has 0 bridgehead atoms. The van der Waals surface area contributed by atoms with Crippen molar-refractivity contribution in [1.29, 1.82) is 0 Å². The molecular weight excluding hydrogens is 323 g/mol. The van der Waals surface area contributed by atoms with Crippen LogP contribution in [0.15, 0.2) is 17.0 Å². The quantitative estimate of drug-likeness (QED) is 0.753. The van der Waals surface area contributed by atoms with E-state index in [1.54, 1.807) is 0 Å². The Kier molecular flexibility index (Phi) is 5.07. The van der Waals surface area contributed by atoms with E-state index >= 15 is 0 Å². The van der Waals surface area contributed by atoms with E-state index in [2.05, 4.69) is 5.32 Å². The summed E-state index contributed by atoms with van der Waals surface area (Å²) in [6.07, 6.45) is 0.992. The predicted molar refractivity (Wildman–Crippen MR) is 74.6 cm³/mol. The topological polar surface area (TPSA) is 123 Å². The first kappa shape index (κ1) is 17.5. The maximum absolute atomic E-state index is 13.9. The van der Waals surface area contributed by atoms with Crippen LogP contribution < -0.4 is 10.5 Å². The Hall–Kier alpha value is -1.52. The van der Waals surface area contributed by atoms with Crippen LogP contribution in [0.2, 0.25) is 0 Å². The summed E-state index contributed by atoms with van der Waals surface area (Å²) in [5.74, 6) is -2.11. The van der Waals surface area contributed by atoms with Crippen molar-refractivity contribution >= 4 is 25.8 Å². The highest BCUT2D eigenvalue weighted by atomic mass is 32.2. The van der Waals surface area contributed by atoms with Crippen molar-refractivity contribution in [2.24, 2.45) is 5.14 Å². The van der Waals surface area contributed by atoms with E-state index in [0.29, 0.717) is 0 Å². The van der Waals surface area contributed by atoms with E-state index < -0.39 is 42.0 Å². The normalized spacial score (nSPS) is 12.2. The Labute approximate surface area is 122 Å². The summed E-state index contributed by atoms with van der Waals surface area (Å²) in [6, 6.07) is 1.82. The molecule has 0 aliphatic rings. The van der Waals surface area contributed by atoms with Gasteiger partial charge in [-0.2, -0.15) is 0 Å². The van der Waals surface area contributed by atoms with Gasteiger partial charge in [-0.15, -0.1) is 0 Å². The van der Waals surface area contributed by atoms with Crippen molar-refractivity contribution in [1.82, 2.24) is 5.32 Å². The molecule has 0 heterocycles. The predicted octanol–water partition coefficient (Wildman–Crippen LogP) is -0.444. The minimum absolute atomic E-state index is 0.0604. The first-order valence-electron chi connectivity index (χ1n) is 5.70. The summed E-state index contributed by atoms with van der Waals surface area (Å²) < 4.78 is 58.3. The van der Waals surface area contributed by atoms with E-state index in [4.69, 9.17) is 5.14 Å². The molecule has 0 aromatic heterocycles. The molecule has 0 saturated heterocycles. The largest absolute Gasteiger partial charge is 0.351 e. The van der Waals surface area contributed by atoms with Gasteiger partial charge in [0, 0.05) is 12.8 Å². The highest BCUT2D eigenvalue weighted by Crippen LogP contribution is 2.18. The molecule has 3 N–H and O–H groups in total. The van der Waals surface area contributed by atoms with Crippen molar-refractivity contribution in [3.8, 4) is 0 Å². The lowest BCUT2D eigenvalue weighted by atomic mass is 10.1. The number of aryl methyl sites for hydroxylation is 1. The first-order chi connectivity index (χ1) is 9.42. The fourth-order valence-corrected chi connectivity index (χ4v) is 2.61. The summed E-state index contributed by atoms with van der Waals surface area (Å²) >= 11 is 0. The third kappa shape index (κ3) is 5.06. The molecule has 0 unspecified atom stereocenters. The van der Waals surface area contributed by atoms with Crippen molar-refractivity contribution in [3.63, 3.8) is 0 Å². The fraction of sp³-hybridized carbons (Fsp3) is 0.364. The summed E-state index contributed by atoms with van der Waals surface area (Å²) in [5.41, 5.74) is -0.567. The van der Waals surface area contributed by atoms with Crippen molar-refractivity contribution in [2.75, 3.05) is 18.6 Å². The van der Waals surface area contributed by atoms with Gasteiger partial charge in [0.05, 0.1) is 16.2 Å². The number of carbonyl (C=O) groups excluding carboxylic acids is 1. The van der Waals surface area contributed by atoms with Crippen LogP contribution in [0.25, 0.3) is 0 Å². The molecule has 1 rings (SSSR count). The number of benzene rings is 1. The second-order valence-electron chi connectivity index (χ2n) is 4.53. The second kappa shape index (κ2) is 6.08. The maximum atomic E-state index is 13.9. The van der Waals surface area contributed by atoms with Gasteiger partial charge in [0.2, 0.25) is 10.0 Å². The second-order valence-corrected chi connectivity index (χ2v) is 8.35. The zero-order valence-electron chi connectivity index (χ0n) is 11.4. The Morgan fingerprint density at radius 2 is 1.86 bits per heavy atom. The zero-order valence-corrected chi connectivity index (χ0v) is 13.0. The lowest BCUT2D eigenvalue weighted by molar-refractivity contribution is 0.0951. The lowest BCUT2D eigenvalue weighted by Gasteiger charge is -2.09. The van der Waals surface area contributed by atoms with Crippen LogP contribution in [0.3, 0.4) is 0 Å². The van der Waals surface area contributed by atoms with Crippen LogP contribution in [0.5, 0.6) is 0 Å². The molecule has 0 aliphatic heterocycles. The van der Waals surface area contributed by atoms with Gasteiger partial charge in [0.25, 0.3) is 5.91 Å². The van der Waals surface area contributed by atoms with Crippen LogP contribution in [-0.4, -0.2) is 41.3 Å². The molecule has 0 radical (unpaired) electrons. The Bertz CT molecular complexity index is 772. The molecule has 1 aromatic rings. The summed E-state index contributed by atoms with van der Waals surface area (Å²) in [6.45, 7) is 1.08. The van der Waals surface area contributed by atoms with E-state index in [1.807, 2.05) is 0 Å². The minimum Gasteiger partial charge on any atom is -0.351 e. The molecule has 1 aromatic carbocycles. The van der Waals surface area contributed by atoms with Crippen LogP contribution in [0.4, 0.5) is 4.39 Å². The van der Waals surface area contributed by atoms with Crippen molar-refractivity contribution < 1.29 is 26.0 Å². The van der Waals surface area contributed by atoms with Gasteiger partial charge in [-0.1, -0.05) is 0 Å². The third-order valence-corrected chi connectivity index (χ3v) is 4.40. The highest BCUT2D eigenvalue weighted by Gasteiger charge is 2.19. The summed E-state index contributed by atoms with van der Waals surface area (Å²) in [5, 5.41) is 7.15. The number of halogens is 1. The van der Waals surface area contributed by atoms with E-state index in [0.717, 1.165) is 18.4 Å². The zero-order chi connectivity index (χ0) is 16.4. The summed E-state index contributed by atoms with van der Waals surface area (Å²) in [7, 11) is -7.36. The van der Waals surface area contributed by atoms with Gasteiger partial charge in [0.1, 0.15) is 15.7 Å². The number of rotatable bonds is 5. The fourth-order valence-electron chi connectivity index (χ4n) is 1.51. The van der Waals surface area contributed by atoms with Gasteiger partial charge in [-0.3, -0.25) is 4.79 Å². The number of amides is 1. The average Bonchev–Trinajstić information content (AvgIpc) is 2.29. The third-order valence-electron chi connectivity index (χ3n) is 2.56. The van der Waals surface area contributed by atoms with E-state index in [1.165, 1.54) is 6.92 Å². The molecule has 1 amide bonds. The maximum Gasteiger partial charge on any atom is 0.254 e. The molecule has 0 saturated carbocycles. The number of hydrogen-bond donors (Lipinski definition) is 2. The monoisotopic (exact) mass is 338 g/mol. The van der Waals surface area contributed by atoms with E-state index in [-0.39, 0.29) is 17.9 Å². The Morgan fingerprint density at radius 3 is 2.33 bits per heavy atom. The van der Waals surface area contributed by atoms with Crippen molar-refractivity contribution in [2.45, 2.75) is 11.8 Å². The van der Waals surface area contributed by atoms with Gasteiger partial charge < -0.3 is 5.32 Å². The van der Waals surface area contributed by atoms with Gasteiger partial charge >= 0.3 is 0 Å². The van der Waals surface area contributed by atoms with Crippen LogP contribution in [0, 0.1) is 12.7 Å². The van der Waals surface area contributed by atoms with Crippen molar-refractivity contribution in [3.05, 3.63) is 29.1 Å². The standard InChI is InChI=1S/C11H15FN2O5S2/c1-7-5-8(21(13,18)19)6-9(10(7)12)11(15)14-3-4-20(2,16)17/h5-6H,3-4H2,1-2H3,(H,14,15)(H2,13,18,19). The number of sulfone groups is 1. The van der Waals surface area contributed by atoms with E-state index in [9.17, 15) is 26.0 Å². The van der Waals surface area contributed by atoms with Gasteiger partial charge in [-0.25, -0.2) is 26.4 Å². The SMILES string of the molecule is Cc1cc(S(N)(=O)=O)cc(C(=O)NCCS(C)(=O)=O)c1F. The minimum atomic E-state index is -4.08. The molecule has 0 fully saturated rings. The molecule has 21 heavy (non-hydrogen) atoms. The molecule has 10 heteroatoms. The first-order valence-corrected chi connectivity index (χ1v) is 9.31. The van der Waals surface area contributed by atoms with Gasteiger partial charge in [-0.05, 0) is 24.6 Å². The number of nitrogens with one attached hydrogen (secondary N) is 1. The molecule has 0 atom stereocenters. The molecular formula is C11H15FN2O5S2. The highest BCUT2D eigenvalue weighted by molar-refractivity contribution is 7.90. The number of primary sulfonamides is 1. The van der Waals surface area contributed by atoms with Crippen LogP contribution in [0.1, 0.15) is 15.9 Å². The Morgan fingerprint density at radius 1 is 1.29 bits per heavy atom. The molecule has 7 nitrogen and oxygen atoms in total. The molecule has 0 spiro atoms. The number of nitrogens with two attached hydrogens (primary N) is 1. The van der Waals surface area contributed by atoms with Crippen LogP contribution >= 0.6 is 0 Å². The average molecular weight is 338 g/mol. The molecule has 0 aliphatic carbocycles. The Balaban J connectivity index is 3.07.